The van der Waals surface area contributed by atoms with E-state index in [1.807, 2.05) is 20.8 Å². The van der Waals surface area contributed by atoms with E-state index in [1.165, 1.54) is 5.57 Å². The van der Waals surface area contributed by atoms with Gasteiger partial charge in [-0.1, -0.05) is 48.9 Å². The molecule has 0 N–H and O–H groups in total. The number of hydrogen-bond acceptors (Lipinski definition) is 5. The molecule has 28 heavy (non-hydrogen) atoms. The van der Waals surface area contributed by atoms with Crippen LogP contribution in [0.4, 0.5) is 0 Å². The molecule has 0 saturated heterocycles. The van der Waals surface area contributed by atoms with Crippen LogP contribution in [0.1, 0.15) is 52.0 Å². The Morgan fingerprint density at radius 2 is 1.89 bits per heavy atom. The molecular formula is C22H29NO5. The van der Waals surface area contributed by atoms with E-state index in [2.05, 4.69) is 6.08 Å². The van der Waals surface area contributed by atoms with Gasteiger partial charge in [-0.3, -0.25) is 10.1 Å². The predicted molar refractivity (Wildman–Crippen MR) is 108 cm³/mol. The number of ether oxygens (including phenoxy) is 1. The molecule has 3 atom stereocenters. The van der Waals surface area contributed by atoms with Crippen LogP contribution in [0.25, 0.3) is 0 Å². The molecule has 0 heterocycles. The van der Waals surface area contributed by atoms with Crippen LogP contribution in [0.2, 0.25) is 0 Å². The fourth-order valence-electron chi connectivity index (χ4n) is 3.18. The summed E-state index contributed by atoms with van der Waals surface area (Å²) in [6.45, 7) is 7.66. The summed E-state index contributed by atoms with van der Waals surface area (Å²) in [5.41, 5.74) is 1.49. The molecule has 0 unspecified atom stereocenters. The third kappa shape index (κ3) is 7.10. The maximum absolute atomic E-state index is 12.0. The summed E-state index contributed by atoms with van der Waals surface area (Å²) in [5, 5.41) is 11.8. The number of rotatable bonds is 11. The van der Waals surface area contributed by atoms with Crippen LogP contribution in [-0.4, -0.2) is 23.8 Å². The number of carbonyl (C=O) groups excluding carboxylic acids is 2. The average molecular weight is 387 g/mol. The van der Waals surface area contributed by atoms with Gasteiger partial charge in [0.05, 0.1) is 23.5 Å². The third-order valence-electron chi connectivity index (χ3n) is 4.61. The fourth-order valence-corrected chi connectivity index (χ4v) is 3.18. The van der Waals surface area contributed by atoms with Crippen LogP contribution in [0, 0.1) is 22.0 Å². The molecule has 0 radical (unpaired) electrons. The van der Waals surface area contributed by atoms with Crippen LogP contribution in [0.15, 0.2) is 53.8 Å². The van der Waals surface area contributed by atoms with Gasteiger partial charge >= 0.3 is 5.97 Å². The first-order chi connectivity index (χ1) is 13.3. The molecule has 1 aromatic carbocycles. The van der Waals surface area contributed by atoms with Crippen molar-refractivity contribution >= 4 is 12.3 Å². The number of esters is 1. The van der Waals surface area contributed by atoms with Crippen LogP contribution in [0.3, 0.4) is 0 Å². The zero-order chi connectivity index (χ0) is 21.1. The van der Waals surface area contributed by atoms with Crippen LogP contribution in [0.5, 0.6) is 0 Å². The highest BCUT2D eigenvalue weighted by Crippen LogP contribution is 2.37. The van der Waals surface area contributed by atoms with Crippen molar-refractivity contribution in [3.8, 4) is 0 Å². The number of nitrogens with zero attached hydrogens (tertiary/aromatic N) is 1. The minimum Gasteiger partial charge on any atom is -0.463 e. The Kier molecular flexibility index (Phi) is 9.85. The van der Waals surface area contributed by atoms with Gasteiger partial charge in [0.25, 0.3) is 5.70 Å². The fraction of sp³-hybridized carbons (Fsp3) is 0.455. The molecule has 0 aromatic heterocycles. The van der Waals surface area contributed by atoms with Gasteiger partial charge in [-0.05, 0) is 45.1 Å². The lowest BCUT2D eigenvalue weighted by Gasteiger charge is -2.26. The lowest BCUT2D eigenvalue weighted by Crippen LogP contribution is -2.27. The van der Waals surface area contributed by atoms with E-state index in [1.54, 1.807) is 37.3 Å². The molecule has 0 aliphatic rings. The van der Waals surface area contributed by atoms with Gasteiger partial charge in [-0.15, -0.1) is 0 Å². The van der Waals surface area contributed by atoms with Crippen molar-refractivity contribution in [1.29, 1.82) is 0 Å². The van der Waals surface area contributed by atoms with Crippen LogP contribution in [-0.2, 0) is 14.3 Å². The molecule has 1 aromatic rings. The topological polar surface area (TPSA) is 86.5 Å². The number of allylic oxidation sites excluding steroid dienone is 3. The maximum Gasteiger partial charge on any atom is 0.337 e. The van der Waals surface area contributed by atoms with Crippen molar-refractivity contribution in [3.05, 3.63) is 69.4 Å². The molecule has 6 nitrogen and oxygen atoms in total. The Morgan fingerprint density at radius 3 is 2.39 bits per heavy atom. The van der Waals surface area contributed by atoms with Gasteiger partial charge in [-0.2, -0.15) is 0 Å². The molecule has 0 fully saturated rings. The highest BCUT2D eigenvalue weighted by atomic mass is 16.6. The SMILES string of the molecule is CCOC(=O)/C=C(/[C@H](c1ccccc1)[C@H](C=O)[C@@H](C)CCC=C(C)C)[N+](=O)[O-]. The van der Waals surface area contributed by atoms with Gasteiger partial charge in [0.1, 0.15) is 6.29 Å². The summed E-state index contributed by atoms with van der Waals surface area (Å²) < 4.78 is 4.86. The summed E-state index contributed by atoms with van der Waals surface area (Å²) in [6.07, 6.45) is 5.25. The number of hydrogen-bond donors (Lipinski definition) is 0. The van der Waals surface area contributed by atoms with E-state index in [0.29, 0.717) is 12.0 Å². The second-order valence-electron chi connectivity index (χ2n) is 7.02. The van der Waals surface area contributed by atoms with Gasteiger partial charge in [0.2, 0.25) is 0 Å². The lowest BCUT2D eigenvalue weighted by atomic mass is 9.76. The quantitative estimate of drug-likeness (QED) is 0.137. The van der Waals surface area contributed by atoms with Crippen molar-refractivity contribution in [2.24, 2.45) is 11.8 Å². The van der Waals surface area contributed by atoms with Crippen molar-refractivity contribution in [1.82, 2.24) is 0 Å². The van der Waals surface area contributed by atoms with Crippen molar-refractivity contribution in [3.63, 3.8) is 0 Å². The first-order valence-corrected chi connectivity index (χ1v) is 9.48. The third-order valence-corrected chi connectivity index (χ3v) is 4.61. The largest absolute Gasteiger partial charge is 0.463 e. The zero-order valence-electron chi connectivity index (χ0n) is 17.0. The van der Waals surface area contributed by atoms with Crippen molar-refractivity contribution < 1.29 is 19.2 Å². The standard InChI is InChI=1S/C22H29NO5/c1-5-28-21(25)14-20(23(26)27)22(18-12-7-6-8-13-18)19(15-24)17(4)11-9-10-16(2)3/h6-8,10,12-15,17,19,22H,5,9,11H2,1-4H3/b20-14-/t17-,19+,22+/m0/s1. The van der Waals surface area contributed by atoms with E-state index >= 15 is 0 Å². The smallest absolute Gasteiger partial charge is 0.337 e. The first-order valence-electron chi connectivity index (χ1n) is 9.48. The Bertz CT molecular complexity index is 720. The van der Waals surface area contributed by atoms with Gasteiger partial charge in [-0.25, -0.2) is 4.79 Å². The number of nitro groups is 1. The monoisotopic (exact) mass is 387 g/mol. The Balaban J connectivity index is 3.36. The summed E-state index contributed by atoms with van der Waals surface area (Å²) in [4.78, 5) is 35.2. The molecule has 0 bridgehead atoms. The second kappa shape index (κ2) is 11.8. The molecule has 0 aliphatic carbocycles. The molecule has 0 spiro atoms. The average Bonchev–Trinajstić information content (AvgIpc) is 2.64. The number of aldehydes is 1. The van der Waals surface area contributed by atoms with E-state index in [4.69, 9.17) is 4.74 Å². The summed E-state index contributed by atoms with van der Waals surface area (Å²) in [5.74, 6) is -2.36. The Hall–Kier alpha value is -2.76. The molecular weight excluding hydrogens is 358 g/mol. The molecule has 0 aliphatic heterocycles. The minimum atomic E-state index is -0.834. The molecule has 6 heteroatoms. The normalized spacial score (nSPS) is 14.5. The van der Waals surface area contributed by atoms with Crippen molar-refractivity contribution in [2.75, 3.05) is 6.61 Å². The van der Waals surface area contributed by atoms with E-state index in [-0.39, 0.29) is 18.2 Å². The van der Waals surface area contributed by atoms with Crippen molar-refractivity contribution in [2.45, 2.75) is 46.5 Å². The molecule has 0 amide bonds. The van der Waals surface area contributed by atoms with Gasteiger partial charge in [0, 0.05) is 5.92 Å². The van der Waals surface area contributed by atoms with Crippen LogP contribution < -0.4 is 0 Å². The van der Waals surface area contributed by atoms with Crippen LogP contribution >= 0.6 is 0 Å². The van der Waals surface area contributed by atoms with Gasteiger partial charge in [0.15, 0.2) is 0 Å². The summed E-state index contributed by atoms with van der Waals surface area (Å²) in [7, 11) is 0. The highest BCUT2D eigenvalue weighted by molar-refractivity contribution is 5.82. The first kappa shape index (κ1) is 23.3. The minimum absolute atomic E-state index is 0.108. The maximum atomic E-state index is 12.0. The molecule has 152 valence electrons. The molecule has 1 rings (SSSR count). The Morgan fingerprint density at radius 1 is 1.25 bits per heavy atom. The number of benzene rings is 1. The summed E-state index contributed by atoms with van der Waals surface area (Å²) >= 11 is 0. The Labute approximate surface area is 166 Å². The number of carbonyl (C=O) groups is 2. The van der Waals surface area contributed by atoms with E-state index in [9.17, 15) is 19.7 Å². The van der Waals surface area contributed by atoms with E-state index < -0.39 is 22.7 Å². The van der Waals surface area contributed by atoms with Gasteiger partial charge < -0.3 is 9.53 Å². The predicted octanol–water partition coefficient (Wildman–Crippen LogP) is 4.69. The molecule has 0 saturated carbocycles. The highest BCUT2D eigenvalue weighted by Gasteiger charge is 2.37. The summed E-state index contributed by atoms with van der Waals surface area (Å²) in [6, 6.07) is 8.81. The second-order valence-corrected chi connectivity index (χ2v) is 7.02. The van der Waals surface area contributed by atoms with E-state index in [0.717, 1.165) is 18.8 Å². The lowest BCUT2D eigenvalue weighted by molar-refractivity contribution is -0.431. The zero-order valence-corrected chi connectivity index (χ0v) is 17.0.